The van der Waals surface area contributed by atoms with Crippen LogP contribution in [0.5, 0.6) is 0 Å². The molecular weight excluding hydrogens is 887 g/mol. The van der Waals surface area contributed by atoms with E-state index in [-0.39, 0.29) is 48.9 Å². The monoisotopic (exact) mass is 945 g/mol. The van der Waals surface area contributed by atoms with Gasteiger partial charge in [0, 0.05) is 59.1 Å². The van der Waals surface area contributed by atoms with E-state index in [0.717, 1.165) is 48.4 Å². The molecule has 0 aliphatic heterocycles. The van der Waals surface area contributed by atoms with E-state index in [4.69, 9.17) is 4.98 Å². The van der Waals surface area contributed by atoms with Gasteiger partial charge < -0.3 is 5.11 Å². The number of rotatable bonds is 12. The van der Waals surface area contributed by atoms with Crippen molar-refractivity contribution in [3.8, 4) is 11.3 Å². The molecule has 0 bridgehead atoms. The fraction of sp³-hybridized carbons (Fsp3) is 0.347. The first-order valence-electron chi connectivity index (χ1n) is 19.8. The zero-order chi connectivity index (χ0) is 39.0. The molecule has 55 heavy (non-hydrogen) atoms. The molecule has 1 radical (unpaired) electrons. The second-order valence-electron chi connectivity index (χ2n) is 15.5. The van der Waals surface area contributed by atoms with Crippen molar-refractivity contribution in [2.24, 2.45) is 11.8 Å². The summed E-state index contributed by atoms with van der Waals surface area (Å²) in [5.74, 6) is 0.547. The number of fused-ring (bicyclic) bond motifs is 2. The van der Waals surface area contributed by atoms with Gasteiger partial charge in [0.15, 0.2) is 13.9 Å². The minimum Gasteiger partial charge on any atom is -0.512 e. The van der Waals surface area contributed by atoms with Crippen LogP contribution in [0.3, 0.4) is 0 Å². The van der Waals surface area contributed by atoms with Gasteiger partial charge in [0.05, 0.1) is 5.76 Å². The van der Waals surface area contributed by atoms with Crippen LogP contribution in [0, 0.1) is 24.8 Å². The number of hydrogen-bond acceptors (Lipinski definition) is 4. The number of nitrogens with zero attached hydrogens (tertiary/aromatic N) is 1. The third-order valence-corrected chi connectivity index (χ3v) is 18.6. The van der Waals surface area contributed by atoms with Gasteiger partial charge in [0.25, 0.3) is 0 Å². The van der Waals surface area contributed by atoms with Crippen molar-refractivity contribution in [3.05, 3.63) is 132 Å². The molecule has 0 amide bonds. The third-order valence-electron chi connectivity index (χ3n) is 11.2. The van der Waals surface area contributed by atoms with Crippen LogP contribution in [0.4, 0.5) is 0 Å². The molecule has 0 saturated carbocycles. The summed E-state index contributed by atoms with van der Waals surface area (Å²) in [7, 11) is -2.25. The summed E-state index contributed by atoms with van der Waals surface area (Å²) in [5, 5.41) is 16.4. The number of hydrogen-bond donors (Lipinski definition) is 1. The van der Waals surface area contributed by atoms with E-state index in [9.17, 15) is 9.90 Å². The predicted octanol–water partition coefficient (Wildman–Crippen LogP) is 11.9. The van der Waals surface area contributed by atoms with E-state index in [1.54, 1.807) is 0 Å². The molecule has 1 N–H and O–H groups in total. The summed E-state index contributed by atoms with van der Waals surface area (Å²) < 4.78 is 2.80. The Bertz CT molecular complexity index is 2160. The maximum absolute atomic E-state index is 11.7. The number of pyridine rings is 1. The van der Waals surface area contributed by atoms with Crippen molar-refractivity contribution in [1.29, 1.82) is 0 Å². The maximum atomic E-state index is 11.7. The van der Waals surface area contributed by atoms with Gasteiger partial charge in [0.2, 0.25) is 0 Å². The molecule has 4 aromatic carbocycles. The van der Waals surface area contributed by atoms with Gasteiger partial charge in [-0.1, -0.05) is 145 Å². The molecule has 6 heteroatoms. The van der Waals surface area contributed by atoms with Crippen LogP contribution in [0.25, 0.3) is 32.1 Å². The number of carbonyl (C=O) groups is 1. The van der Waals surface area contributed by atoms with Crippen molar-refractivity contribution in [1.82, 2.24) is 4.98 Å². The van der Waals surface area contributed by atoms with Crippen LogP contribution in [0.2, 0.25) is 6.04 Å². The van der Waals surface area contributed by atoms with Gasteiger partial charge in [-0.25, -0.2) is 0 Å². The van der Waals surface area contributed by atoms with Crippen molar-refractivity contribution >= 4 is 60.9 Å². The van der Waals surface area contributed by atoms with E-state index < -0.39 is 8.07 Å². The number of aryl methyl sites for hydroxylation is 1. The Hall–Kier alpha value is -3.67. The Morgan fingerprint density at radius 1 is 0.800 bits per heavy atom. The van der Waals surface area contributed by atoms with Gasteiger partial charge in [-0.15, -0.1) is 40.5 Å². The quantitative estimate of drug-likeness (QED) is 0.0576. The molecule has 291 valence electrons. The van der Waals surface area contributed by atoms with Crippen LogP contribution in [-0.2, 0) is 30.3 Å². The fourth-order valence-corrected chi connectivity index (χ4v) is 15.4. The number of aliphatic hydroxyl groups excluding tert-OH is 1. The first-order valence-corrected chi connectivity index (χ1v) is 22.9. The topological polar surface area (TPSA) is 50.2 Å². The normalized spacial score (nSPS) is 12.2. The number of benzene rings is 4. The Morgan fingerprint density at radius 2 is 1.35 bits per heavy atom. The number of thiophene rings is 1. The fourth-order valence-electron chi connectivity index (χ4n) is 7.95. The summed E-state index contributed by atoms with van der Waals surface area (Å²) in [6.45, 7) is 19.7. The van der Waals surface area contributed by atoms with Crippen molar-refractivity contribution in [2.45, 2.75) is 99.5 Å². The molecule has 6 rings (SSSR count). The van der Waals surface area contributed by atoms with Crippen LogP contribution in [0.15, 0.2) is 115 Å². The molecule has 0 aliphatic rings. The van der Waals surface area contributed by atoms with Crippen LogP contribution in [-0.4, -0.2) is 23.9 Å². The summed E-state index contributed by atoms with van der Waals surface area (Å²) in [4.78, 5) is 16.7. The SMILES string of the molecule is CCC(CC)C(=O)/C=C(\O)C(CC)CC.CC[Si](c1ccccc1)(c1ccccc1)c1sc2c(-c3[c-]c4ccccc4c(C(C)(C)C)c3)nccc2c1C.[Ir]. The second-order valence-corrected chi connectivity index (χ2v) is 21.0. The Kier molecular flexibility index (Phi) is 15.6. The second kappa shape index (κ2) is 19.5. The molecular formula is C49H58IrNO2SSi-. The van der Waals surface area contributed by atoms with Gasteiger partial charge >= 0.3 is 0 Å². The summed E-state index contributed by atoms with van der Waals surface area (Å²) >= 11 is 1.96. The zero-order valence-corrected chi connectivity index (χ0v) is 38.3. The molecule has 2 aromatic heterocycles. The molecule has 0 atom stereocenters. The standard InChI is InChI=1S/C36H34NSSi.C13H24O2.Ir/c1-6-39(28-16-9-7-10-17-28,29-18-11-8-12-19-29)35-25(2)30-21-22-37-33(34(30)38-35)27-23-26-15-13-14-20-31(26)32(24-27)36(3,4)5;1-5-10(6-2)12(14)9-13(15)11(7-3)8-4;/h7-22,24H,6H2,1-5H3;9-11,14H,5-8H2,1-4H3;/q-1;;/b;12-9-;. The van der Waals surface area contributed by atoms with Crippen LogP contribution >= 0.6 is 11.3 Å². The number of aromatic nitrogens is 1. The summed E-state index contributed by atoms with van der Waals surface area (Å²) in [5.41, 5.74) is 4.88. The van der Waals surface area contributed by atoms with E-state index in [2.05, 4.69) is 138 Å². The van der Waals surface area contributed by atoms with E-state index >= 15 is 0 Å². The van der Waals surface area contributed by atoms with E-state index in [1.807, 2.05) is 45.2 Å². The zero-order valence-electron chi connectivity index (χ0n) is 34.1. The molecule has 3 nitrogen and oxygen atoms in total. The van der Waals surface area contributed by atoms with E-state index in [1.165, 1.54) is 47.5 Å². The molecule has 0 fully saturated rings. The molecule has 0 aliphatic carbocycles. The average Bonchev–Trinajstić information content (AvgIpc) is 3.53. The molecule has 2 heterocycles. The number of ketones is 1. The van der Waals surface area contributed by atoms with Crippen molar-refractivity contribution < 1.29 is 30.0 Å². The Balaban J connectivity index is 0.000000360. The predicted molar refractivity (Wildman–Crippen MR) is 237 cm³/mol. The molecule has 0 spiro atoms. The van der Waals surface area contributed by atoms with E-state index in [0.29, 0.717) is 0 Å². The van der Waals surface area contributed by atoms with Gasteiger partial charge in [-0.2, -0.15) is 0 Å². The molecule has 0 unspecified atom stereocenters. The largest absolute Gasteiger partial charge is 0.512 e. The maximum Gasteiger partial charge on any atom is 0.162 e. The van der Waals surface area contributed by atoms with Crippen molar-refractivity contribution in [3.63, 3.8) is 0 Å². The average molecular weight is 945 g/mol. The van der Waals surface area contributed by atoms with Gasteiger partial charge in [0.1, 0.15) is 0 Å². The Labute approximate surface area is 348 Å². The number of carbonyl (C=O) groups excluding carboxylic acids is 1. The smallest absolute Gasteiger partial charge is 0.162 e. The van der Waals surface area contributed by atoms with Crippen LogP contribution < -0.4 is 14.9 Å². The van der Waals surface area contributed by atoms with Gasteiger partial charge in [-0.05, 0) is 71.5 Å². The minimum atomic E-state index is -2.25. The first-order chi connectivity index (χ1) is 25.9. The Morgan fingerprint density at radius 3 is 1.87 bits per heavy atom. The van der Waals surface area contributed by atoms with Crippen molar-refractivity contribution in [2.75, 3.05) is 0 Å². The number of aliphatic hydroxyl groups is 1. The van der Waals surface area contributed by atoms with Crippen LogP contribution in [0.1, 0.15) is 92.2 Å². The summed E-state index contributed by atoms with van der Waals surface area (Å²) in [6, 6.07) is 40.5. The molecule has 6 aromatic rings. The third kappa shape index (κ3) is 9.32. The summed E-state index contributed by atoms with van der Waals surface area (Å²) in [6.07, 6.45) is 6.89. The minimum absolute atomic E-state index is 0. The van der Waals surface area contributed by atoms with Gasteiger partial charge in [-0.3, -0.25) is 9.78 Å². The first kappa shape index (κ1) is 44.0. The molecule has 0 saturated heterocycles. The number of allylic oxidation sites excluding steroid dienone is 2.